The Morgan fingerprint density at radius 2 is 2.00 bits per heavy atom. The van der Waals surface area contributed by atoms with Crippen molar-refractivity contribution in [1.29, 1.82) is 5.26 Å². The summed E-state index contributed by atoms with van der Waals surface area (Å²) in [6.07, 6.45) is 1.63. The van der Waals surface area contributed by atoms with Gasteiger partial charge in [-0.3, -0.25) is 0 Å². The lowest BCUT2D eigenvalue weighted by molar-refractivity contribution is 0.122. The first-order valence-corrected chi connectivity index (χ1v) is 7.79. The Bertz CT molecular complexity index is 704. The first kappa shape index (κ1) is 15.3. The normalized spacial score (nSPS) is 14.3. The predicted molar refractivity (Wildman–Crippen MR) is 88.6 cm³/mol. The molecule has 1 aromatic carbocycles. The third-order valence-electron chi connectivity index (χ3n) is 3.80. The molecule has 0 bridgehead atoms. The van der Waals surface area contributed by atoms with E-state index in [9.17, 15) is 5.26 Å². The lowest BCUT2D eigenvalue weighted by Gasteiger charge is -2.30. The molecular formula is C18H19N3O2. The van der Waals surface area contributed by atoms with E-state index >= 15 is 0 Å². The molecule has 23 heavy (non-hydrogen) atoms. The fourth-order valence-corrected chi connectivity index (χ4v) is 2.74. The van der Waals surface area contributed by atoms with Crippen LogP contribution < -0.4 is 9.64 Å². The minimum Gasteiger partial charge on any atom is -0.489 e. The minimum absolute atomic E-state index is 0.522. The maximum atomic E-state index is 9.49. The largest absolute Gasteiger partial charge is 0.489 e. The summed E-state index contributed by atoms with van der Waals surface area (Å²) in [5.74, 6) is 1.47. The molecule has 0 spiro atoms. The van der Waals surface area contributed by atoms with Crippen LogP contribution in [0.2, 0.25) is 0 Å². The molecule has 3 rings (SSSR count). The molecule has 0 saturated carbocycles. The number of hydrogen-bond donors (Lipinski definition) is 0. The Hall–Kier alpha value is -2.58. The zero-order valence-corrected chi connectivity index (χ0v) is 13.2. The van der Waals surface area contributed by atoms with Gasteiger partial charge in [-0.1, -0.05) is 30.3 Å². The molecule has 1 aliphatic rings. The van der Waals surface area contributed by atoms with E-state index in [1.165, 1.54) is 0 Å². The van der Waals surface area contributed by atoms with Crippen LogP contribution in [0, 0.1) is 11.3 Å². The first-order valence-electron chi connectivity index (χ1n) is 7.79. The molecule has 0 aliphatic carbocycles. The van der Waals surface area contributed by atoms with Gasteiger partial charge in [-0.25, -0.2) is 4.98 Å². The Kier molecular flexibility index (Phi) is 4.74. The van der Waals surface area contributed by atoms with Crippen LogP contribution in [-0.2, 0) is 4.74 Å². The summed E-state index contributed by atoms with van der Waals surface area (Å²) >= 11 is 0. The molecule has 5 nitrogen and oxygen atoms in total. The average molecular weight is 309 g/mol. The van der Waals surface area contributed by atoms with Crippen molar-refractivity contribution < 1.29 is 9.47 Å². The third-order valence-corrected chi connectivity index (χ3v) is 3.80. The monoisotopic (exact) mass is 309 g/mol. The highest BCUT2D eigenvalue weighted by atomic mass is 16.5. The van der Waals surface area contributed by atoms with Crippen LogP contribution in [0.1, 0.15) is 12.5 Å². The van der Waals surface area contributed by atoms with Crippen LogP contribution >= 0.6 is 0 Å². The minimum atomic E-state index is 0.522. The molecule has 5 heteroatoms. The van der Waals surface area contributed by atoms with E-state index in [0.717, 1.165) is 30.0 Å². The van der Waals surface area contributed by atoms with Gasteiger partial charge in [-0.05, 0) is 12.5 Å². The van der Waals surface area contributed by atoms with Gasteiger partial charge in [-0.15, -0.1) is 0 Å². The van der Waals surface area contributed by atoms with Gasteiger partial charge in [0.1, 0.15) is 6.07 Å². The highest BCUT2D eigenvalue weighted by Gasteiger charge is 2.23. The summed E-state index contributed by atoms with van der Waals surface area (Å²) in [6.45, 7) is 5.35. The molecule has 1 aromatic heterocycles. The standard InChI is InChI=1S/C18H19N3O2/c1-2-23-17-16(14-6-4-3-5-7-14)15(12-19)13-20-18(17)21-8-10-22-11-9-21/h3-7,13H,2,8-11H2,1H3. The lowest BCUT2D eigenvalue weighted by Crippen LogP contribution is -2.37. The van der Waals surface area contributed by atoms with Crippen LogP contribution in [0.25, 0.3) is 11.1 Å². The zero-order chi connectivity index (χ0) is 16.1. The smallest absolute Gasteiger partial charge is 0.172 e. The number of ether oxygens (including phenoxy) is 2. The van der Waals surface area contributed by atoms with Crippen molar-refractivity contribution in [2.24, 2.45) is 0 Å². The second-order valence-electron chi connectivity index (χ2n) is 5.21. The zero-order valence-electron chi connectivity index (χ0n) is 13.2. The number of nitrogens with zero attached hydrogens (tertiary/aromatic N) is 3. The third kappa shape index (κ3) is 3.13. The summed E-state index contributed by atoms with van der Waals surface area (Å²) in [4.78, 5) is 6.66. The van der Waals surface area contributed by atoms with E-state index in [-0.39, 0.29) is 0 Å². The van der Waals surface area contributed by atoms with Gasteiger partial charge in [0.25, 0.3) is 0 Å². The fraction of sp³-hybridized carbons (Fsp3) is 0.333. The van der Waals surface area contributed by atoms with Crippen molar-refractivity contribution in [2.45, 2.75) is 6.92 Å². The second-order valence-corrected chi connectivity index (χ2v) is 5.21. The molecular weight excluding hydrogens is 290 g/mol. The van der Waals surface area contributed by atoms with Crippen LogP contribution in [0.3, 0.4) is 0 Å². The Morgan fingerprint density at radius 1 is 1.26 bits per heavy atom. The summed E-state index contributed by atoms with van der Waals surface area (Å²) < 4.78 is 11.3. The molecule has 0 radical (unpaired) electrons. The van der Waals surface area contributed by atoms with Gasteiger partial charge in [0.15, 0.2) is 11.6 Å². The number of nitriles is 1. The molecule has 0 atom stereocenters. The van der Waals surface area contributed by atoms with E-state index in [1.807, 2.05) is 37.3 Å². The maximum absolute atomic E-state index is 9.49. The van der Waals surface area contributed by atoms with E-state index in [4.69, 9.17) is 9.47 Å². The van der Waals surface area contributed by atoms with Gasteiger partial charge in [0.2, 0.25) is 0 Å². The molecule has 0 N–H and O–H groups in total. The molecule has 0 unspecified atom stereocenters. The predicted octanol–water partition coefficient (Wildman–Crippen LogP) is 2.86. The van der Waals surface area contributed by atoms with Crippen molar-refractivity contribution in [3.8, 4) is 22.9 Å². The number of rotatable bonds is 4. The molecule has 0 amide bonds. The van der Waals surface area contributed by atoms with Crippen LogP contribution in [0.15, 0.2) is 36.5 Å². The lowest BCUT2D eigenvalue weighted by atomic mass is 10.0. The fourth-order valence-electron chi connectivity index (χ4n) is 2.74. The Morgan fingerprint density at radius 3 is 2.65 bits per heavy atom. The maximum Gasteiger partial charge on any atom is 0.172 e. The van der Waals surface area contributed by atoms with Crippen molar-refractivity contribution in [3.63, 3.8) is 0 Å². The SMILES string of the molecule is CCOc1c(N2CCOCC2)ncc(C#N)c1-c1ccccc1. The van der Waals surface area contributed by atoms with Crippen LogP contribution in [0.5, 0.6) is 5.75 Å². The Balaban J connectivity index is 2.16. The first-order chi connectivity index (χ1) is 11.3. The number of morpholine rings is 1. The van der Waals surface area contributed by atoms with Crippen molar-refractivity contribution in [2.75, 3.05) is 37.8 Å². The summed E-state index contributed by atoms with van der Waals surface area (Å²) in [5, 5.41) is 9.49. The average Bonchev–Trinajstić information content (AvgIpc) is 2.63. The molecule has 1 fully saturated rings. The van der Waals surface area contributed by atoms with Gasteiger partial charge < -0.3 is 14.4 Å². The number of hydrogen-bond acceptors (Lipinski definition) is 5. The van der Waals surface area contributed by atoms with Crippen molar-refractivity contribution >= 4 is 5.82 Å². The summed E-state index contributed by atoms with van der Waals surface area (Å²) in [5.41, 5.74) is 2.30. The Labute approximate surface area is 136 Å². The molecule has 1 aliphatic heterocycles. The molecule has 118 valence electrons. The van der Waals surface area contributed by atoms with Crippen LogP contribution in [0.4, 0.5) is 5.82 Å². The second kappa shape index (κ2) is 7.12. The topological polar surface area (TPSA) is 58.4 Å². The molecule has 1 saturated heterocycles. The molecule has 2 aromatic rings. The van der Waals surface area contributed by atoms with Crippen molar-refractivity contribution in [1.82, 2.24) is 4.98 Å². The summed E-state index contributed by atoms with van der Waals surface area (Å²) in [6, 6.07) is 12.1. The molecule has 2 heterocycles. The quantitative estimate of drug-likeness (QED) is 0.869. The van der Waals surface area contributed by atoms with E-state index in [0.29, 0.717) is 31.1 Å². The van der Waals surface area contributed by atoms with Crippen LogP contribution in [-0.4, -0.2) is 37.9 Å². The van der Waals surface area contributed by atoms with Gasteiger partial charge in [0, 0.05) is 24.8 Å². The number of aromatic nitrogens is 1. The highest BCUT2D eigenvalue weighted by molar-refractivity contribution is 5.81. The number of anilines is 1. The van der Waals surface area contributed by atoms with Crippen molar-refractivity contribution in [3.05, 3.63) is 42.1 Å². The van der Waals surface area contributed by atoms with E-state index < -0.39 is 0 Å². The summed E-state index contributed by atoms with van der Waals surface area (Å²) in [7, 11) is 0. The van der Waals surface area contributed by atoms with Gasteiger partial charge in [-0.2, -0.15) is 5.26 Å². The highest BCUT2D eigenvalue weighted by Crippen LogP contribution is 2.39. The van der Waals surface area contributed by atoms with E-state index in [1.54, 1.807) is 6.20 Å². The van der Waals surface area contributed by atoms with E-state index in [2.05, 4.69) is 16.0 Å². The van der Waals surface area contributed by atoms with Gasteiger partial charge in [0.05, 0.1) is 25.4 Å². The van der Waals surface area contributed by atoms with Gasteiger partial charge >= 0.3 is 0 Å². The number of pyridine rings is 1. The number of benzene rings is 1.